The van der Waals surface area contributed by atoms with Gasteiger partial charge in [0, 0.05) is 6.61 Å². The molecule has 0 aromatic carbocycles. The standard InChI is InChI=1S/C10H15N5O4/c11-10-13-8-7(9(19)14-10)12-4-15(8)3-6(18)5(17)1-2-16/h4-6,16-18H,1-3H2,(H3,11,13,14,19)/t5-,6+/m1/s1. The zero-order valence-corrected chi connectivity index (χ0v) is 10.0. The van der Waals surface area contributed by atoms with Crippen molar-refractivity contribution >= 4 is 17.1 Å². The van der Waals surface area contributed by atoms with Gasteiger partial charge in [0.05, 0.1) is 25.1 Å². The molecule has 2 aromatic rings. The molecule has 2 rings (SSSR count). The molecule has 2 aromatic heterocycles. The van der Waals surface area contributed by atoms with Gasteiger partial charge in [-0.1, -0.05) is 0 Å². The third-order valence-corrected chi connectivity index (χ3v) is 2.75. The number of nitrogen functional groups attached to an aromatic ring is 1. The molecule has 0 fully saturated rings. The second kappa shape index (κ2) is 5.34. The van der Waals surface area contributed by atoms with E-state index in [1.165, 1.54) is 10.9 Å². The largest absolute Gasteiger partial charge is 0.396 e. The fourth-order valence-corrected chi connectivity index (χ4v) is 1.75. The highest BCUT2D eigenvalue weighted by molar-refractivity contribution is 5.70. The van der Waals surface area contributed by atoms with Crippen LogP contribution in [0.5, 0.6) is 0 Å². The van der Waals surface area contributed by atoms with Gasteiger partial charge >= 0.3 is 0 Å². The van der Waals surface area contributed by atoms with Crippen LogP contribution in [-0.4, -0.2) is 53.7 Å². The van der Waals surface area contributed by atoms with Gasteiger partial charge in [-0.05, 0) is 6.42 Å². The zero-order chi connectivity index (χ0) is 14.0. The van der Waals surface area contributed by atoms with Crippen LogP contribution in [0.25, 0.3) is 11.2 Å². The maximum atomic E-state index is 11.5. The molecule has 19 heavy (non-hydrogen) atoms. The summed E-state index contributed by atoms with van der Waals surface area (Å²) in [5.74, 6) is -0.0513. The maximum absolute atomic E-state index is 11.5. The van der Waals surface area contributed by atoms with Crippen LogP contribution in [0.15, 0.2) is 11.1 Å². The van der Waals surface area contributed by atoms with Gasteiger partial charge in [-0.25, -0.2) is 4.98 Å². The first kappa shape index (κ1) is 13.5. The number of aromatic nitrogens is 4. The first-order chi connectivity index (χ1) is 9.02. The Morgan fingerprint density at radius 3 is 2.84 bits per heavy atom. The highest BCUT2D eigenvalue weighted by Crippen LogP contribution is 2.09. The molecular formula is C10H15N5O4. The van der Waals surface area contributed by atoms with E-state index in [9.17, 15) is 15.0 Å². The lowest BCUT2D eigenvalue weighted by Gasteiger charge is -2.17. The van der Waals surface area contributed by atoms with Gasteiger partial charge in [0.1, 0.15) is 0 Å². The van der Waals surface area contributed by atoms with Crippen molar-refractivity contribution in [3.8, 4) is 0 Å². The number of rotatable bonds is 5. The molecule has 0 unspecified atom stereocenters. The Morgan fingerprint density at radius 2 is 2.16 bits per heavy atom. The second-order valence-electron chi connectivity index (χ2n) is 4.17. The average molecular weight is 269 g/mol. The quantitative estimate of drug-likeness (QED) is 0.413. The average Bonchev–Trinajstić information content (AvgIpc) is 2.73. The molecule has 0 radical (unpaired) electrons. The Kier molecular flexibility index (Phi) is 3.79. The van der Waals surface area contributed by atoms with Crippen molar-refractivity contribution < 1.29 is 15.3 Å². The van der Waals surface area contributed by atoms with Gasteiger partial charge in [0.2, 0.25) is 5.95 Å². The van der Waals surface area contributed by atoms with Gasteiger partial charge < -0.3 is 25.6 Å². The number of nitrogens with one attached hydrogen (secondary N) is 1. The molecule has 0 spiro atoms. The number of nitrogens with two attached hydrogens (primary N) is 1. The summed E-state index contributed by atoms with van der Waals surface area (Å²) in [5, 5.41) is 28.0. The van der Waals surface area contributed by atoms with Crippen LogP contribution in [0.4, 0.5) is 5.95 Å². The van der Waals surface area contributed by atoms with Gasteiger partial charge in [-0.15, -0.1) is 0 Å². The summed E-state index contributed by atoms with van der Waals surface area (Å²) in [4.78, 5) is 21.7. The molecule has 9 heteroatoms. The number of imidazole rings is 1. The van der Waals surface area contributed by atoms with Gasteiger partial charge in [0.15, 0.2) is 11.2 Å². The Balaban J connectivity index is 2.29. The van der Waals surface area contributed by atoms with E-state index in [1.54, 1.807) is 0 Å². The topological polar surface area (TPSA) is 150 Å². The van der Waals surface area contributed by atoms with Crippen molar-refractivity contribution in [1.82, 2.24) is 19.5 Å². The fraction of sp³-hybridized carbons (Fsp3) is 0.500. The van der Waals surface area contributed by atoms with E-state index in [2.05, 4.69) is 15.0 Å². The van der Waals surface area contributed by atoms with Gasteiger partial charge in [-0.2, -0.15) is 4.98 Å². The molecule has 0 saturated heterocycles. The Labute approximate surface area is 107 Å². The second-order valence-corrected chi connectivity index (χ2v) is 4.17. The van der Waals surface area contributed by atoms with Crippen molar-refractivity contribution in [1.29, 1.82) is 0 Å². The lowest BCUT2D eigenvalue weighted by molar-refractivity contribution is -0.00298. The number of fused-ring (bicyclic) bond motifs is 1. The van der Waals surface area contributed by atoms with Crippen LogP contribution < -0.4 is 11.3 Å². The minimum Gasteiger partial charge on any atom is -0.396 e. The number of aliphatic hydroxyl groups excluding tert-OH is 3. The van der Waals surface area contributed by atoms with Crippen molar-refractivity contribution in [2.75, 3.05) is 12.3 Å². The summed E-state index contributed by atoms with van der Waals surface area (Å²) in [6.45, 7) is -0.235. The molecule has 104 valence electrons. The van der Waals surface area contributed by atoms with Crippen molar-refractivity contribution in [2.45, 2.75) is 25.2 Å². The van der Waals surface area contributed by atoms with Crippen LogP contribution in [0.2, 0.25) is 0 Å². The molecule has 9 nitrogen and oxygen atoms in total. The van der Waals surface area contributed by atoms with E-state index in [1.807, 2.05) is 0 Å². The van der Waals surface area contributed by atoms with Crippen molar-refractivity contribution in [3.05, 3.63) is 16.7 Å². The Bertz CT molecular complexity index is 622. The minimum absolute atomic E-state index is 0.00639. The van der Waals surface area contributed by atoms with Crippen LogP contribution in [-0.2, 0) is 6.54 Å². The normalized spacial score (nSPS) is 14.7. The molecule has 0 aliphatic heterocycles. The van der Waals surface area contributed by atoms with E-state index in [4.69, 9.17) is 10.8 Å². The lowest BCUT2D eigenvalue weighted by Crippen LogP contribution is -2.31. The molecule has 2 heterocycles. The molecule has 0 bridgehead atoms. The Hall–Kier alpha value is -1.97. The minimum atomic E-state index is -1.10. The lowest BCUT2D eigenvalue weighted by atomic mass is 10.1. The molecule has 6 N–H and O–H groups in total. The molecule has 2 atom stereocenters. The third-order valence-electron chi connectivity index (χ3n) is 2.75. The zero-order valence-electron chi connectivity index (χ0n) is 10.0. The molecule has 0 aliphatic rings. The monoisotopic (exact) mass is 269 g/mol. The van der Waals surface area contributed by atoms with E-state index in [0.717, 1.165) is 0 Å². The SMILES string of the molecule is Nc1nc2c(ncn2C[C@H](O)[C@H](O)CCO)c(=O)[nH]1. The van der Waals surface area contributed by atoms with E-state index >= 15 is 0 Å². The molecule has 0 saturated carbocycles. The highest BCUT2D eigenvalue weighted by atomic mass is 16.3. The summed E-state index contributed by atoms with van der Waals surface area (Å²) in [6.07, 6.45) is -0.779. The first-order valence-electron chi connectivity index (χ1n) is 5.70. The third kappa shape index (κ3) is 2.72. The van der Waals surface area contributed by atoms with E-state index < -0.39 is 17.8 Å². The highest BCUT2D eigenvalue weighted by Gasteiger charge is 2.18. The number of aromatic amines is 1. The van der Waals surface area contributed by atoms with Crippen molar-refractivity contribution in [3.63, 3.8) is 0 Å². The number of aliphatic hydroxyl groups is 3. The summed E-state index contributed by atoms with van der Waals surface area (Å²) in [7, 11) is 0. The molecular weight excluding hydrogens is 254 g/mol. The fourth-order valence-electron chi connectivity index (χ4n) is 1.75. The van der Waals surface area contributed by atoms with Crippen molar-refractivity contribution in [2.24, 2.45) is 0 Å². The van der Waals surface area contributed by atoms with Crippen LogP contribution in [0.3, 0.4) is 0 Å². The maximum Gasteiger partial charge on any atom is 0.280 e. The number of anilines is 1. The van der Waals surface area contributed by atoms with Crippen LogP contribution >= 0.6 is 0 Å². The summed E-state index contributed by atoms with van der Waals surface area (Å²) in [5.41, 5.74) is 5.31. The first-order valence-corrected chi connectivity index (χ1v) is 5.70. The summed E-state index contributed by atoms with van der Waals surface area (Å²) >= 11 is 0. The number of nitrogens with zero attached hydrogens (tertiary/aromatic N) is 3. The van der Waals surface area contributed by atoms with Crippen LogP contribution in [0.1, 0.15) is 6.42 Å². The molecule has 0 aliphatic carbocycles. The van der Waals surface area contributed by atoms with Gasteiger partial charge in [0.25, 0.3) is 5.56 Å². The predicted molar refractivity (Wildman–Crippen MR) is 66.3 cm³/mol. The summed E-state index contributed by atoms with van der Waals surface area (Å²) < 4.78 is 1.42. The van der Waals surface area contributed by atoms with Crippen LogP contribution in [0, 0.1) is 0 Å². The number of hydrogen-bond donors (Lipinski definition) is 5. The molecule has 0 amide bonds. The Morgan fingerprint density at radius 1 is 1.42 bits per heavy atom. The number of hydrogen-bond acceptors (Lipinski definition) is 7. The smallest absolute Gasteiger partial charge is 0.280 e. The van der Waals surface area contributed by atoms with E-state index in [0.29, 0.717) is 0 Å². The summed E-state index contributed by atoms with van der Waals surface area (Å²) in [6, 6.07) is 0. The number of H-pyrrole nitrogens is 1. The predicted octanol–water partition coefficient (Wildman–Crippen LogP) is -2.19. The van der Waals surface area contributed by atoms with Gasteiger partial charge in [-0.3, -0.25) is 9.78 Å². The van der Waals surface area contributed by atoms with E-state index in [-0.39, 0.29) is 36.7 Å².